The van der Waals surface area contributed by atoms with E-state index in [1.165, 1.54) is 24.7 Å². The number of hydrogen-bond donors (Lipinski definition) is 2. The van der Waals surface area contributed by atoms with Crippen LogP contribution in [-0.2, 0) is 22.7 Å². The zero-order chi connectivity index (χ0) is 28.4. The van der Waals surface area contributed by atoms with Gasteiger partial charge < -0.3 is 15.6 Å². The number of carbonyl (C=O) groups excluding carboxylic acids is 2. The van der Waals surface area contributed by atoms with E-state index in [1.807, 2.05) is 10.6 Å². The Hall–Kier alpha value is -3.55. The Morgan fingerprint density at radius 1 is 1.00 bits per heavy atom. The van der Waals surface area contributed by atoms with Crippen LogP contribution in [0.15, 0.2) is 48.6 Å². The lowest BCUT2D eigenvalue weighted by Gasteiger charge is -2.58. The van der Waals surface area contributed by atoms with Crippen LogP contribution in [0.5, 0.6) is 0 Å². The molecule has 0 aliphatic heterocycles. The SMILES string of the molecule is C[C@]12CC[C@H]3[C@@H](CCC4=CC(=O)CC[C@@]43C)[C@@H]1CC[C@@H]2C(=O)NCc1ccc(Cn2cnc3c(N)ncnc32)cc1. The standard InChI is InChI=1S/C33H40N6O2/c1-32-13-11-23(40)15-22(32)7-8-24-25-9-10-27(33(25,2)14-12-26(24)32)31(41)35-16-20-3-5-21(6-4-20)17-39-19-38-28-29(34)36-18-37-30(28)39/h3-6,15,18-19,24-27H,7-14,16-17H2,1-2H3,(H,35,41)(H2,34,36,37)/t24-,25-,26-,27+,32-,33-/m0/s1. The predicted molar refractivity (Wildman–Crippen MR) is 157 cm³/mol. The first-order valence-corrected chi connectivity index (χ1v) is 15.3. The Labute approximate surface area is 241 Å². The van der Waals surface area contributed by atoms with Gasteiger partial charge in [0.15, 0.2) is 17.2 Å². The first-order valence-electron chi connectivity index (χ1n) is 15.3. The van der Waals surface area contributed by atoms with Gasteiger partial charge in [-0.05, 0) is 90.7 Å². The molecule has 6 atom stereocenters. The molecule has 8 heteroatoms. The minimum atomic E-state index is 0.0672. The van der Waals surface area contributed by atoms with Gasteiger partial charge >= 0.3 is 0 Å². The highest BCUT2D eigenvalue weighted by Crippen LogP contribution is 2.66. The third kappa shape index (κ3) is 4.29. The molecule has 0 bridgehead atoms. The number of nitrogens with two attached hydrogens (primary N) is 1. The highest BCUT2D eigenvalue weighted by molar-refractivity contribution is 5.91. The molecule has 2 aromatic heterocycles. The number of nitrogen functional groups attached to an aromatic ring is 1. The number of aromatic nitrogens is 4. The van der Waals surface area contributed by atoms with E-state index in [0.29, 0.717) is 54.4 Å². The number of amides is 1. The second kappa shape index (κ2) is 9.78. The van der Waals surface area contributed by atoms with Gasteiger partial charge in [-0.2, -0.15) is 0 Å². The van der Waals surface area contributed by atoms with Crippen molar-refractivity contribution in [1.82, 2.24) is 24.8 Å². The largest absolute Gasteiger partial charge is 0.382 e. The van der Waals surface area contributed by atoms with Crippen LogP contribution in [0, 0.1) is 34.5 Å². The summed E-state index contributed by atoms with van der Waals surface area (Å²) in [6, 6.07) is 8.37. The first-order chi connectivity index (χ1) is 19.8. The fourth-order valence-corrected chi connectivity index (χ4v) is 9.28. The molecular weight excluding hydrogens is 512 g/mol. The molecule has 0 spiro atoms. The molecule has 8 nitrogen and oxygen atoms in total. The van der Waals surface area contributed by atoms with Crippen molar-refractivity contribution in [2.45, 2.75) is 78.3 Å². The Morgan fingerprint density at radius 2 is 1.80 bits per heavy atom. The molecule has 3 fully saturated rings. The zero-order valence-electron chi connectivity index (χ0n) is 24.1. The molecule has 7 rings (SSSR count). The minimum absolute atomic E-state index is 0.0672. The lowest BCUT2D eigenvalue weighted by atomic mass is 9.47. The van der Waals surface area contributed by atoms with Gasteiger partial charge in [0.2, 0.25) is 5.91 Å². The van der Waals surface area contributed by atoms with E-state index in [9.17, 15) is 9.59 Å². The molecular formula is C33H40N6O2. The number of carbonyl (C=O) groups is 2. The number of nitrogens with zero attached hydrogens (tertiary/aromatic N) is 4. The van der Waals surface area contributed by atoms with Crippen LogP contribution in [-0.4, -0.2) is 31.2 Å². The van der Waals surface area contributed by atoms with Crippen molar-refractivity contribution in [3.8, 4) is 0 Å². The molecule has 1 aromatic carbocycles. The number of imidazole rings is 1. The third-order valence-electron chi connectivity index (χ3n) is 11.6. The molecule has 3 saturated carbocycles. The van der Waals surface area contributed by atoms with Crippen molar-refractivity contribution in [3.63, 3.8) is 0 Å². The van der Waals surface area contributed by atoms with Crippen LogP contribution in [0.4, 0.5) is 5.82 Å². The molecule has 214 valence electrons. The van der Waals surface area contributed by atoms with Crippen LogP contribution in [0.2, 0.25) is 0 Å². The number of hydrogen-bond acceptors (Lipinski definition) is 6. The summed E-state index contributed by atoms with van der Waals surface area (Å²) >= 11 is 0. The smallest absolute Gasteiger partial charge is 0.223 e. The maximum atomic E-state index is 13.6. The highest BCUT2D eigenvalue weighted by Gasteiger charge is 2.60. The summed E-state index contributed by atoms with van der Waals surface area (Å²) < 4.78 is 1.97. The number of anilines is 1. The van der Waals surface area contributed by atoms with E-state index in [0.717, 1.165) is 48.9 Å². The molecule has 0 unspecified atom stereocenters. The van der Waals surface area contributed by atoms with Crippen LogP contribution >= 0.6 is 0 Å². The molecule has 0 saturated heterocycles. The molecule has 3 aromatic rings. The maximum Gasteiger partial charge on any atom is 0.223 e. The van der Waals surface area contributed by atoms with Gasteiger partial charge in [0, 0.05) is 18.9 Å². The molecule has 2 heterocycles. The molecule has 4 aliphatic rings. The van der Waals surface area contributed by atoms with Crippen molar-refractivity contribution < 1.29 is 9.59 Å². The third-order valence-corrected chi connectivity index (χ3v) is 11.6. The molecule has 41 heavy (non-hydrogen) atoms. The Morgan fingerprint density at radius 3 is 2.63 bits per heavy atom. The minimum Gasteiger partial charge on any atom is -0.382 e. The second-order valence-electron chi connectivity index (χ2n) is 13.5. The summed E-state index contributed by atoms with van der Waals surface area (Å²) in [5.74, 6) is 2.92. The molecule has 4 aliphatic carbocycles. The van der Waals surface area contributed by atoms with Gasteiger partial charge in [-0.1, -0.05) is 43.7 Å². The normalized spacial score (nSPS) is 32.6. The molecule has 1 amide bonds. The number of benzene rings is 1. The summed E-state index contributed by atoms with van der Waals surface area (Å²) in [6.45, 7) is 6.00. The van der Waals surface area contributed by atoms with E-state index in [1.54, 1.807) is 6.33 Å². The summed E-state index contributed by atoms with van der Waals surface area (Å²) in [6.07, 6.45) is 13.5. The van der Waals surface area contributed by atoms with Crippen LogP contribution < -0.4 is 11.1 Å². The Bertz CT molecular complexity index is 1540. The second-order valence-corrected chi connectivity index (χ2v) is 13.5. The van der Waals surface area contributed by atoms with E-state index in [2.05, 4.69) is 58.4 Å². The number of fused-ring (bicyclic) bond motifs is 6. The van der Waals surface area contributed by atoms with Crippen LogP contribution in [0.25, 0.3) is 11.2 Å². The Kier molecular flexibility index (Phi) is 6.28. The zero-order valence-corrected chi connectivity index (χ0v) is 24.1. The summed E-state index contributed by atoms with van der Waals surface area (Å²) in [5.41, 5.74) is 11.1. The van der Waals surface area contributed by atoms with Gasteiger partial charge in [-0.25, -0.2) is 15.0 Å². The fraction of sp³-hybridized carbons (Fsp3) is 0.545. The monoisotopic (exact) mass is 552 g/mol. The molecule has 3 N–H and O–H groups in total. The number of rotatable bonds is 5. The van der Waals surface area contributed by atoms with Crippen molar-refractivity contribution >= 4 is 28.7 Å². The summed E-state index contributed by atoms with van der Waals surface area (Å²) in [4.78, 5) is 38.4. The topological polar surface area (TPSA) is 116 Å². The van der Waals surface area contributed by atoms with Crippen LogP contribution in [0.1, 0.15) is 76.3 Å². The summed E-state index contributed by atoms with van der Waals surface area (Å²) in [7, 11) is 0. The fourth-order valence-electron chi connectivity index (χ4n) is 9.28. The van der Waals surface area contributed by atoms with Crippen molar-refractivity contribution in [1.29, 1.82) is 0 Å². The summed E-state index contributed by atoms with van der Waals surface area (Å²) in [5, 5.41) is 3.29. The first kappa shape index (κ1) is 26.4. The van der Waals surface area contributed by atoms with Gasteiger partial charge in [-0.3, -0.25) is 9.59 Å². The van der Waals surface area contributed by atoms with E-state index >= 15 is 0 Å². The lowest BCUT2D eigenvalue weighted by Crippen LogP contribution is -2.51. The number of nitrogens with one attached hydrogen (secondary N) is 1. The van der Waals surface area contributed by atoms with Crippen molar-refractivity contribution in [2.24, 2.45) is 34.5 Å². The average molecular weight is 553 g/mol. The van der Waals surface area contributed by atoms with Crippen LogP contribution in [0.3, 0.4) is 0 Å². The van der Waals surface area contributed by atoms with E-state index in [-0.39, 0.29) is 22.7 Å². The van der Waals surface area contributed by atoms with E-state index in [4.69, 9.17) is 5.73 Å². The molecule has 0 radical (unpaired) electrons. The van der Waals surface area contributed by atoms with Gasteiger partial charge in [0.25, 0.3) is 0 Å². The lowest BCUT2D eigenvalue weighted by molar-refractivity contribution is -0.132. The van der Waals surface area contributed by atoms with E-state index < -0.39 is 0 Å². The highest BCUT2D eigenvalue weighted by atomic mass is 16.2. The quantitative estimate of drug-likeness (QED) is 0.448. The number of ketones is 1. The van der Waals surface area contributed by atoms with Gasteiger partial charge in [0.1, 0.15) is 11.8 Å². The van der Waals surface area contributed by atoms with Gasteiger partial charge in [0.05, 0.1) is 12.9 Å². The van der Waals surface area contributed by atoms with Gasteiger partial charge in [-0.15, -0.1) is 0 Å². The van der Waals surface area contributed by atoms with Crippen molar-refractivity contribution in [3.05, 3.63) is 59.7 Å². The average Bonchev–Trinajstić information content (AvgIpc) is 3.54. The Balaban J connectivity index is 0.990. The van der Waals surface area contributed by atoms with Crippen molar-refractivity contribution in [2.75, 3.05) is 5.73 Å². The predicted octanol–water partition coefficient (Wildman–Crippen LogP) is 5.22. The maximum absolute atomic E-state index is 13.6. The number of allylic oxidation sites excluding steroid dienone is 1.